The lowest BCUT2D eigenvalue weighted by Gasteiger charge is -2.01. The minimum atomic E-state index is -1.01. The molecule has 16 heavy (non-hydrogen) atoms. The number of hydrogen-bond donors (Lipinski definition) is 1. The SMILES string of the molecule is O=C(O)c1ccc(C(=O)n2ccnc2)cc1. The van der Waals surface area contributed by atoms with Gasteiger partial charge in [0, 0.05) is 18.0 Å². The number of carbonyl (C=O) groups excluding carboxylic acids is 1. The highest BCUT2D eigenvalue weighted by molar-refractivity contribution is 5.97. The van der Waals surface area contributed by atoms with E-state index < -0.39 is 5.97 Å². The molecule has 5 heteroatoms. The van der Waals surface area contributed by atoms with Gasteiger partial charge >= 0.3 is 5.97 Å². The Morgan fingerprint density at radius 3 is 2.25 bits per heavy atom. The first kappa shape index (κ1) is 10.1. The van der Waals surface area contributed by atoms with E-state index in [9.17, 15) is 9.59 Å². The molecule has 1 heterocycles. The Kier molecular flexibility index (Phi) is 2.51. The van der Waals surface area contributed by atoms with Crippen molar-refractivity contribution in [2.75, 3.05) is 0 Å². The summed E-state index contributed by atoms with van der Waals surface area (Å²) >= 11 is 0. The quantitative estimate of drug-likeness (QED) is 0.820. The molecule has 0 aliphatic heterocycles. The third kappa shape index (κ3) is 1.83. The van der Waals surface area contributed by atoms with Gasteiger partial charge in [-0.3, -0.25) is 9.36 Å². The van der Waals surface area contributed by atoms with E-state index in [1.807, 2.05) is 0 Å². The summed E-state index contributed by atoms with van der Waals surface area (Å²) < 4.78 is 1.33. The molecule has 0 aliphatic carbocycles. The number of hydrogen-bond acceptors (Lipinski definition) is 3. The summed E-state index contributed by atoms with van der Waals surface area (Å²) in [5, 5.41) is 8.70. The molecule has 2 rings (SSSR count). The summed E-state index contributed by atoms with van der Waals surface area (Å²) in [6, 6.07) is 5.75. The second kappa shape index (κ2) is 3.98. The van der Waals surface area contributed by atoms with E-state index in [2.05, 4.69) is 4.98 Å². The molecular formula is C11H8N2O3. The van der Waals surface area contributed by atoms with Gasteiger partial charge in [0.05, 0.1) is 5.56 Å². The monoisotopic (exact) mass is 216 g/mol. The van der Waals surface area contributed by atoms with Crippen LogP contribution in [0.2, 0.25) is 0 Å². The maximum absolute atomic E-state index is 11.8. The lowest BCUT2D eigenvalue weighted by molar-refractivity contribution is 0.0696. The van der Waals surface area contributed by atoms with E-state index in [1.54, 1.807) is 0 Å². The highest BCUT2D eigenvalue weighted by atomic mass is 16.4. The molecule has 0 amide bonds. The highest BCUT2D eigenvalue weighted by Crippen LogP contribution is 2.06. The van der Waals surface area contributed by atoms with Gasteiger partial charge in [0.15, 0.2) is 0 Å². The van der Waals surface area contributed by atoms with Gasteiger partial charge in [-0.15, -0.1) is 0 Å². The molecule has 1 N–H and O–H groups in total. The van der Waals surface area contributed by atoms with Gasteiger partial charge in [-0.2, -0.15) is 0 Å². The van der Waals surface area contributed by atoms with E-state index in [1.165, 1.54) is 47.6 Å². The number of benzene rings is 1. The van der Waals surface area contributed by atoms with Crippen LogP contribution in [0.3, 0.4) is 0 Å². The molecular weight excluding hydrogens is 208 g/mol. The van der Waals surface area contributed by atoms with Gasteiger partial charge in [-0.25, -0.2) is 9.78 Å². The molecule has 1 aromatic carbocycles. The Bertz CT molecular complexity index is 515. The number of rotatable bonds is 2. The first-order chi connectivity index (χ1) is 7.68. The van der Waals surface area contributed by atoms with Crippen LogP contribution in [-0.4, -0.2) is 26.5 Å². The average Bonchev–Trinajstić information content (AvgIpc) is 2.81. The second-order valence-electron chi connectivity index (χ2n) is 3.16. The van der Waals surface area contributed by atoms with Crippen molar-refractivity contribution >= 4 is 11.9 Å². The van der Waals surface area contributed by atoms with Crippen molar-refractivity contribution in [2.24, 2.45) is 0 Å². The van der Waals surface area contributed by atoms with E-state index in [4.69, 9.17) is 5.11 Å². The fourth-order valence-corrected chi connectivity index (χ4v) is 1.28. The Morgan fingerprint density at radius 1 is 1.12 bits per heavy atom. The van der Waals surface area contributed by atoms with Crippen LogP contribution in [0.4, 0.5) is 0 Å². The second-order valence-corrected chi connectivity index (χ2v) is 3.16. The molecule has 0 saturated carbocycles. The van der Waals surface area contributed by atoms with E-state index in [0.717, 1.165) is 0 Å². The van der Waals surface area contributed by atoms with Crippen LogP contribution in [-0.2, 0) is 0 Å². The van der Waals surface area contributed by atoms with Crippen molar-refractivity contribution in [2.45, 2.75) is 0 Å². The molecule has 0 saturated heterocycles. The number of imidazole rings is 1. The Labute approximate surface area is 91.0 Å². The molecule has 0 fully saturated rings. The Balaban J connectivity index is 2.29. The molecule has 0 aliphatic rings. The molecule has 0 radical (unpaired) electrons. The number of carbonyl (C=O) groups is 2. The third-order valence-corrected chi connectivity index (χ3v) is 2.12. The van der Waals surface area contributed by atoms with Gasteiger partial charge in [-0.1, -0.05) is 0 Å². The van der Waals surface area contributed by atoms with Crippen LogP contribution < -0.4 is 0 Å². The fraction of sp³-hybridized carbons (Fsp3) is 0. The van der Waals surface area contributed by atoms with Crippen LogP contribution in [0.15, 0.2) is 43.0 Å². The minimum Gasteiger partial charge on any atom is -0.478 e. The summed E-state index contributed by atoms with van der Waals surface area (Å²) in [4.78, 5) is 26.1. The number of aromatic nitrogens is 2. The van der Waals surface area contributed by atoms with Crippen LogP contribution >= 0.6 is 0 Å². The highest BCUT2D eigenvalue weighted by Gasteiger charge is 2.08. The van der Waals surface area contributed by atoms with Crippen molar-refractivity contribution < 1.29 is 14.7 Å². The minimum absolute atomic E-state index is 0.155. The van der Waals surface area contributed by atoms with Crippen molar-refractivity contribution in [1.82, 2.24) is 9.55 Å². The number of carboxylic acid groups (broad SMARTS) is 1. The number of carboxylic acids is 1. The Morgan fingerprint density at radius 2 is 1.75 bits per heavy atom. The normalized spacial score (nSPS) is 10.0. The molecule has 80 valence electrons. The smallest absolute Gasteiger partial charge is 0.335 e. The maximum Gasteiger partial charge on any atom is 0.335 e. The summed E-state index contributed by atoms with van der Waals surface area (Å²) in [5.74, 6) is -1.25. The molecule has 1 aromatic heterocycles. The third-order valence-electron chi connectivity index (χ3n) is 2.12. The average molecular weight is 216 g/mol. The largest absolute Gasteiger partial charge is 0.478 e. The van der Waals surface area contributed by atoms with Crippen molar-refractivity contribution in [3.05, 3.63) is 54.1 Å². The molecule has 0 bridgehead atoms. The lowest BCUT2D eigenvalue weighted by Crippen LogP contribution is -2.09. The van der Waals surface area contributed by atoms with Crippen LogP contribution in [0, 0.1) is 0 Å². The van der Waals surface area contributed by atoms with Crippen LogP contribution in [0.25, 0.3) is 0 Å². The summed E-state index contributed by atoms with van der Waals surface area (Å²) in [6.45, 7) is 0. The molecule has 0 atom stereocenters. The number of aromatic carboxylic acids is 1. The molecule has 0 unspecified atom stereocenters. The van der Waals surface area contributed by atoms with E-state index in [0.29, 0.717) is 5.56 Å². The van der Waals surface area contributed by atoms with E-state index >= 15 is 0 Å². The number of nitrogens with zero attached hydrogens (tertiary/aromatic N) is 2. The van der Waals surface area contributed by atoms with E-state index in [-0.39, 0.29) is 11.5 Å². The summed E-state index contributed by atoms with van der Waals surface area (Å²) in [5.41, 5.74) is 0.574. The molecule has 5 nitrogen and oxygen atoms in total. The maximum atomic E-state index is 11.8. The first-order valence-corrected chi connectivity index (χ1v) is 4.54. The zero-order valence-electron chi connectivity index (χ0n) is 8.20. The predicted molar refractivity (Wildman–Crippen MR) is 55.4 cm³/mol. The van der Waals surface area contributed by atoms with Gasteiger partial charge in [-0.05, 0) is 24.3 Å². The topological polar surface area (TPSA) is 72.2 Å². The zero-order chi connectivity index (χ0) is 11.5. The Hall–Kier alpha value is -2.43. The van der Waals surface area contributed by atoms with Gasteiger partial charge in [0.2, 0.25) is 0 Å². The van der Waals surface area contributed by atoms with Gasteiger partial charge in [0.1, 0.15) is 6.33 Å². The summed E-state index contributed by atoms with van der Waals surface area (Å²) in [6.07, 6.45) is 4.43. The lowest BCUT2D eigenvalue weighted by atomic mass is 10.1. The van der Waals surface area contributed by atoms with Crippen LogP contribution in [0.5, 0.6) is 0 Å². The summed E-state index contributed by atoms with van der Waals surface area (Å²) in [7, 11) is 0. The standard InChI is InChI=1S/C11H8N2O3/c14-10(13-6-5-12-7-13)8-1-3-9(4-2-8)11(15)16/h1-7H,(H,15,16). The molecule has 0 spiro atoms. The zero-order valence-corrected chi connectivity index (χ0v) is 8.20. The van der Waals surface area contributed by atoms with Crippen molar-refractivity contribution in [3.8, 4) is 0 Å². The molecule has 2 aromatic rings. The van der Waals surface area contributed by atoms with Crippen molar-refractivity contribution in [3.63, 3.8) is 0 Å². The van der Waals surface area contributed by atoms with Gasteiger partial charge in [0.25, 0.3) is 5.91 Å². The fourth-order valence-electron chi connectivity index (χ4n) is 1.28. The van der Waals surface area contributed by atoms with Crippen molar-refractivity contribution in [1.29, 1.82) is 0 Å². The van der Waals surface area contributed by atoms with Crippen LogP contribution in [0.1, 0.15) is 20.7 Å². The first-order valence-electron chi connectivity index (χ1n) is 4.54. The predicted octanol–water partition coefficient (Wildman–Crippen LogP) is 1.27. The van der Waals surface area contributed by atoms with Gasteiger partial charge < -0.3 is 5.11 Å².